The summed E-state index contributed by atoms with van der Waals surface area (Å²) in [4.78, 5) is 12.7. The molecule has 7 nitrogen and oxygen atoms in total. The molecule has 1 amide bonds. The lowest BCUT2D eigenvalue weighted by Gasteiger charge is -2.20. The van der Waals surface area contributed by atoms with Gasteiger partial charge in [-0.25, -0.2) is 4.39 Å². The second kappa shape index (κ2) is 10.9. The molecule has 10 heteroatoms. The van der Waals surface area contributed by atoms with Crippen LogP contribution in [0.15, 0.2) is 47.6 Å². The van der Waals surface area contributed by atoms with Crippen LogP contribution in [-0.4, -0.2) is 33.0 Å². The maximum absolute atomic E-state index is 13.4. The van der Waals surface area contributed by atoms with E-state index in [1.165, 1.54) is 30.0 Å². The van der Waals surface area contributed by atoms with E-state index in [1.54, 1.807) is 14.0 Å². The minimum absolute atomic E-state index is 0.0346. The second-order valence-corrected chi connectivity index (χ2v) is 9.31. The molecule has 0 bridgehead atoms. The highest BCUT2D eigenvalue weighted by Gasteiger charge is 2.25. The topological polar surface area (TPSA) is 78.3 Å². The number of aromatic nitrogens is 3. The molecule has 0 saturated carbocycles. The van der Waals surface area contributed by atoms with E-state index in [4.69, 9.17) is 21.1 Å². The number of rotatable bonds is 9. The number of methoxy groups -OCH3 is 1. The number of carbonyl (C=O) groups is 1. The zero-order valence-corrected chi connectivity index (χ0v) is 20.6. The first-order valence-electron chi connectivity index (χ1n) is 10.4. The summed E-state index contributed by atoms with van der Waals surface area (Å²) in [6.45, 7) is 7.67. The number of hydrogen-bond donors (Lipinski definition) is 1. The van der Waals surface area contributed by atoms with Crippen molar-refractivity contribution in [1.82, 2.24) is 14.8 Å². The van der Waals surface area contributed by atoms with Gasteiger partial charge in [-0.15, -0.1) is 10.2 Å². The fraction of sp³-hybridized carbons (Fsp3) is 0.348. The molecule has 3 aromatic rings. The van der Waals surface area contributed by atoms with Crippen molar-refractivity contribution in [3.63, 3.8) is 0 Å². The third kappa shape index (κ3) is 5.97. The van der Waals surface area contributed by atoms with Crippen LogP contribution >= 0.6 is 23.4 Å². The highest BCUT2D eigenvalue weighted by molar-refractivity contribution is 8.00. The lowest BCUT2D eigenvalue weighted by molar-refractivity contribution is -0.115. The summed E-state index contributed by atoms with van der Waals surface area (Å²) in [5.74, 6) is 1.06. The zero-order chi connectivity index (χ0) is 24.1. The normalized spacial score (nSPS) is 13.0. The van der Waals surface area contributed by atoms with E-state index < -0.39 is 17.2 Å². The Morgan fingerprint density at radius 1 is 1.12 bits per heavy atom. The first-order chi connectivity index (χ1) is 15.7. The van der Waals surface area contributed by atoms with E-state index in [1.807, 2.05) is 49.6 Å². The maximum atomic E-state index is 13.4. The summed E-state index contributed by atoms with van der Waals surface area (Å²) in [5, 5.41) is 11.4. The first-order valence-corrected chi connectivity index (χ1v) is 11.6. The third-order valence-electron chi connectivity index (χ3n) is 4.78. The van der Waals surface area contributed by atoms with Crippen LogP contribution in [-0.2, 0) is 4.79 Å². The number of benzene rings is 2. The molecule has 0 aliphatic heterocycles. The van der Waals surface area contributed by atoms with E-state index in [0.29, 0.717) is 28.2 Å². The van der Waals surface area contributed by atoms with Gasteiger partial charge in [-0.2, -0.15) is 0 Å². The number of carbonyl (C=O) groups excluding carboxylic acids is 1. The number of thioether (sulfide) groups is 1. The second-order valence-electron chi connectivity index (χ2n) is 7.59. The van der Waals surface area contributed by atoms with Gasteiger partial charge in [0.15, 0.2) is 28.6 Å². The highest BCUT2D eigenvalue weighted by atomic mass is 35.5. The Balaban J connectivity index is 1.75. The molecule has 3 rings (SSSR count). The maximum Gasteiger partial charge on any atom is 0.237 e. The predicted molar refractivity (Wildman–Crippen MR) is 128 cm³/mol. The van der Waals surface area contributed by atoms with Gasteiger partial charge in [-0.3, -0.25) is 4.79 Å². The summed E-state index contributed by atoms with van der Waals surface area (Å²) in [7, 11) is 1.59. The lowest BCUT2D eigenvalue weighted by Crippen LogP contribution is -2.23. The molecule has 0 aliphatic rings. The molecule has 2 unspecified atom stereocenters. The Kier molecular flexibility index (Phi) is 8.20. The summed E-state index contributed by atoms with van der Waals surface area (Å²) >= 11 is 7.07. The SMILES string of the molecule is COc1ccccc1OC(C)c1nnc(SC(C)C(=O)Nc2ccc(F)c(Cl)c2)n1C(C)C. The van der Waals surface area contributed by atoms with Crippen molar-refractivity contribution in [3.05, 3.63) is 59.1 Å². The summed E-state index contributed by atoms with van der Waals surface area (Å²) < 4.78 is 26.8. The Labute approximate surface area is 201 Å². The van der Waals surface area contributed by atoms with Crippen LogP contribution in [0.2, 0.25) is 5.02 Å². The van der Waals surface area contributed by atoms with Gasteiger partial charge in [0.1, 0.15) is 5.82 Å². The number of para-hydroxylation sites is 2. The molecule has 0 radical (unpaired) electrons. The van der Waals surface area contributed by atoms with Gasteiger partial charge in [0, 0.05) is 11.7 Å². The molecule has 1 heterocycles. The van der Waals surface area contributed by atoms with Crippen LogP contribution in [0.1, 0.15) is 45.7 Å². The van der Waals surface area contributed by atoms with Crippen LogP contribution in [0.3, 0.4) is 0 Å². The molecule has 176 valence electrons. The van der Waals surface area contributed by atoms with Crippen LogP contribution in [0.4, 0.5) is 10.1 Å². The summed E-state index contributed by atoms with van der Waals surface area (Å²) in [6.07, 6.45) is -0.406. The zero-order valence-electron chi connectivity index (χ0n) is 19.0. The largest absolute Gasteiger partial charge is 0.493 e. The van der Waals surface area contributed by atoms with Gasteiger partial charge in [0.25, 0.3) is 0 Å². The molecule has 0 aliphatic carbocycles. The lowest BCUT2D eigenvalue weighted by atomic mass is 10.3. The Morgan fingerprint density at radius 2 is 1.82 bits per heavy atom. The highest BCUT2D eigenvalue weighted by Crippen LogP contribution is 2.33. The van der Waals surface area contributed by atoms with Gasteiger partial charge < -0.3 is 19.4 Å². The quantitative estimate of drug-likeness (QED) is 0.373. The van der Waals surface area contributed by atoms with Gasteiger partial charge in [-0.1, -0.05) is 35.5 Å². The molecule has 0 fully saturated rings. The van der Waals surface area contributed by atoms with Crippen molar-refractivity contribution in [3.8, 4) is 11.5 Å². The number of ether oxygens (including phenoxy) is 2. The van der Waals surface area contributed by atoms with Crippen LogP contribution in [0.5, 0.6) is 11.5 Å². The summed E-state index contributed by atoms with van der Waals surface area (Å²) in [5.41, 5.74) is 0.420. The van der Waals surface area contributed by atoms with E-state index in [9.17, 15) is 9.18 Å². The molecular formula is C23H26ClFN4O3S. The standard InChI is InChI=1S/C23H26ClFN4O3S/c1-13(2)29-21(14(3)32-20-9-7-6-8-19(20)31-5)27-28-23(29)33-15(4)22(30)26-16-10-11-18(25)17(24)12-16/h6-15H,1-5H3,(H,26,30). The summed E-state index contributed by atoms with van der Waals surface area (Å²) in [6, 6.07) is 11.5. The van der Waals surface area contributed by atoms with E-state index in [-0.39, 0.29) is 17.0 Å². The van der Waals surface area contributed by atoms with Crippen LogP contribution in [0.25, 0.3) is 0 Å². The molecule has 0 saturated heterocycles. The average molecular weight is 493 g/mol. The monoisotopic (exact) mass is 492 g/mol. The van der Waals surface area contributed by atoms with Crippen molar-refractivity contribution in [2.24, 2.45) is 0 Å². The Hall–Kier alpha value is -2.78. The van der Waals surface area contributed by atoms with Crippen molar-refractivity contribution in [2.75, 3.05) is 12.4 Å². The fourth-order valence-electron chi connectivity index (χ4n) is 3.12. The van der Waals surface area contributed by atoms with Crippen LogP contribution in [0, 0.1) is 5.82 Å². The number of anilines is 1. The number of halogens is 2. The van der Waals surface area contributed by atoms with E-state index in [0.717, 1.165) is 0 Å². The number of amides is 1. The predicted octanol–water partition coefficient (Wildman–Crippen LogP) is 5.92. The molecule has 1 aromatic heterocycles. The molecule has 1 N–H and O–H groups in total. The fourth-order valence-corrected chi connectivity index (χ4v) is 4.29. The number of nitrogens with one attached hydrogen (secondary N) is 1. The smallest absolute Gasteiger partial charge is 0.237 e. The van der Waals surface area contributed by atoms with Gasteiger partial charge in [0.2, 0.25) is 5.91 Å². The van der Waals surface area contributed by atoms with Crippen molar-refractivity contribution < 1.29 is 18.7 Å². The number of nitrogens with zero attached hydrogens (tertiary/aromatic N) is 3. The van der Waals surface area contributed by atoms with Gasteiger partial charge >= 0.3 is 0 Å². The Morgan fingerprint density at radius 3 is 2.45 bits per heavy atom. The number of hydrogen-bond acceptors (Lipinski definition) is 6. The Bertz CT molecular complexity index is 1120. The molecule has 2 aromatic carbocycles. The molecule has 33 heavy (non-hydrogen) atoms. The first kappa shape index (κ1) is 24.9. The molecule has 2 atom stereocenters. The minimum atomic E-state index is -0.542. The van der Waals surface area contributed by atoms with Gasteiger partial charge in [0.05, 0.1) is 17.4 Å². The van der Waals surface area contributed by atoms with Crippen molar-refractivity contribution in [1.29, 1.82) is 0 Å². The van der Waals surface area contributed by atoms with E-state index in [2.05, 4.69) is 15.5 Å². The average Bonchev–Trinajstić information content (AvgIpc) is 3.20. The van der Waals surface area contributed by atoms with Crippen molar-refractivity contribution in [2.45, 2.75) is 50.2 Å². The van der Waals surface area contributed by atoms with Crippen LogP contribution < -0.4 is 14.8 Å². The third-order valence-corrected chi connectivity index (χ3v) is 6.13. The molecular weight excluding hydrogens is 467 g/mol. The van der Waals surface area contributed by atoms with Gasteiger partial charge in [-0.05, 0) is 58.0 Å². The van der Waals surface area contributed by atoms with E-state index >= 15 is 0 Å². The van der Waals surface area contributed by atoms with Crippen molar-refractivity contribution >= 4 is 35.0 Å². The molecule has 0 spiro atoms. The minimum Gasteiger partial charge on any atom is -0.493 e.